The van der Waals surface area contributed by atoms with E-state index in [9.17, 15) is 4.79 Å². The Kier molecular flexibility index (Phi) is 6.07. The van der Waals surface area contributed by atoms with E-state index in [1.54, 1.807) is 0 Å². The molecule has 25 heavy (non-hydrogen) atoms. The molecule has 1 unspecified atom stereocenters. The average Bonchev–Trinajstić information content (AvgIpc) is 3.48. The lowest BCUT2D eigenvalue weighted by molar-refractivity contribution is -0.132. The molecule has 2 aromatic rings. The summed E-state index contributed by atoms with van der Waals surface area (Å²) >= 11 is 0. The maximum absolute atomic E-state index is 12.1. The first-order chi connectivity index (χ1) is 12.2. The van der Waals surface area contributed by atoms with E-state index in [0.29, 0.717) is 25.7 Å². The van der Waals surface area contributed by atoms with Crippen molar-refractivity contribution in [3.63, 3.8) is 0 Å². The van der Waals surface area contributed by atoms with Gasteiger partial charge in [0.05, 0.1) is 6.61 Å². The van der Waals surface area contributed by atoms with Crippen LogP contribution in [0.15, 0.2) is 54.6 Å². The minimum Gasteiger partial charge on any atom is -0.489 e. The number of hydrogen-bond donors (Lipinski definition) is 1. The summed E-state index contributed by atoms with van der Waals surface area (Å²) in [6, 6.07) is 17.8. The molecule has 0 saturated heterocycles. The van der Waals surface area contributed by atoms with Crippen LogP contribution < -0.4 is 10.1 Å². The monoisotopic (exact) mass is 339 g/mol. The van der Waals surface area contributed by atoms with Crippen LogP contribution >= 0.6 is 0 Å². The van der Waals surface area contributed by atoms with Crippen LogP contribution in [0.3, 0.4) is 0 Å². The molecule has 0 spiro atoms. The van der Waals surface area contributed by atoms with E-state index in [4.69, 9.17) is 9.47 Å². The molecule has 1 amide bonds. The molecule has 0 aromatic heterocycles. The third-order valence-corrected chi connectivity index (χ3v) is 4.25. The molecular formula is C21H25NO3. The number of benzene rings is 2. The van der Waals surface area contributed by atoms with E-state index < -0.39 is 6.10 Å². The van der Waals surface area contributed by atoms with Gasteiger partial charge in [-0.1, -0.05) is 42.5 Å². The fourth-order valence-corrected chi connectivity index (χ4v) is 2.49. The van der Waals surface area contributed by atoms with Crippen molar-refractivity contribution >= 4 is 5.91 Å². The van der Waals surface area contributed by atoms with Gasteiger partial charge in [0.25, 0.3) is 0 Å². The van der Waals surface area contributed by atoms with Crippen LogP contribution in [0.25, 0.3) is 0 Å². The molecule has 132 valence electrons. The molecule has 4 heteroatoms. The van der Waals surface area contributed by atoms with Crippen molar-refractivity contribution in [2.24, 2.45) is 5.92 Å². The lowest BCUT2D eigenvalue weighted by atomic mass is 10.1. The Labute approximate surface area is 149 Å². The van der Waals surface area contributed by atoms with E-state index in [2.05, 4.69) is 11.4 Å². The molecule has 0 aliphatic heterocycles. The minimum absolute atomic E-state index is 0.0633. The molecule has 0 heterocycles. The fraction of sp³-hybridized carbons (Fsp3) is 0.381. The Morgan fingerprint density at radius 2 is 1.88 bits per heavy atom. The van der Waals surface area contributed by atoms with Crippen LogP contribution in [0.2, 0.25) is 0 Å². The van der Waals surface area contributed by atoms with Crippen molar-refractivity contribution in [3.05, 3.63) is 65.7 Å². The highest BCUT2D eigenvalue weighted by atomic mass is 16.5. The van der Waals surface area contributed by atoms with Crippen molar-refractivity contribution < 1.29 is 14.3 Å². The number of nitrogens with one attached hydrogen (secondary N) is 1. The SMILES string of the molecule is CC(OCC1CC1)C(=O)NCc1cccc(COc2ccccc2)c1. The third-order valence-electron chi connectivity index (χ3n) is 4.25. The summed E-state index contributed by atoms with van der Waals surface area (Å²) in [5.74, 6) is 1.45. The predicted octanol–water partition coefficient (Wildman–Crippen LogP) is 3.70. The summed E-state index contributed by atoms with van der Waals surface area (Å²) in [6.07, 6.45) is 2.06. The molecular weight excluding hydrogens is 314 g/mol. The first-order valence-corrected chi connectivity index (χ1v) is 8.85. The van der Waals surface area contributed by atoms with Crippen molar-refractivity contribution in [3.8, 4) is 5.75 Å². The third kappa shape index (κ3) is 5.91. The maximum Gasteiger partial charge on any atom is 0.249 e. The zero-order valence-corrected chi connectivity index (χ0v) is 14.6. The molecule has 0 bridgehead atoms. The number of para-hydroxylation sites is 1. The quantitative estimate of drug-likeness (QED) is 0.758. The van der Waals surface area contributed by atoms with Crippen LogP contribution in [0.1, 0.15) is 30.9 Å². The highest BCUT2D eigenvalue weighted by Crippen LogP contribution is 2.29. The summed E-state index contributed by atoms with van der Waals surface area (Å²) in [7, 11) is 0. The zero-order valence-electron chi connectivity index (χ0n) is 14.6. The number of carbonyl (C=O) groups excluding carboxylic acids is 1. The Bertz CT molecular complexity index is 683. The second-order valence-corrected chi connectivity index (χ2v) is 6.56. The van der Waals surface area contributed by atoms with Crippen LogP contribution in [-0.4, -0.2) is 18.6 Å². The normalized spacial score (nSPS) is 14.8. The first kappa shape index (κ1) is 17.5. The van der Waals surface area contributed by atoms with Gasteiger partial charge in [0.1, 0.15) is 18.5 Å². The van der Waals surface area contributed by atoms with Gasteiger partial charge in [-0.3, -0.25) is 4.79 Å². The summed E-state index contributed by atoms with van der Waals surface area (Å²) in [6.45, 7) is 3.50. The van der Waals surface area contributed by atoms with Gasteiger partial charge in [-0.2, -0.15) is 0 Å². The van der Waals surface area contributed by atoms with Crippen molar-refractivity contribution in [2.45, 2.75) is 39.0 Å². The van der Waals surface area contributed by atoms with E-state index in [1.165, 1.54) is 12.8 Å². The highest BCUT2D eigenvalue weighted by molar-refractivity contribution is 5.80. The second kappa shape index (κ2) is 8.67. The lowest BCUT2D eigenvalue weighted by Crippen LogP contribution is -2.34. The molecule has 1 saturated carbocycles. The van der Waals surface area contributed by atoms with E-state index >= 15 is 0 Å². The first-order valence-electron chi connectivity index (χ1n) is 8.85. The van der Waals surface area contributed by atoms with Gasteiger partial charge >= 0.3 is 0 Å². The second-order valence-electron chi connectivity index (χ2n) is 6.56. The van der Waals surface area contributed by atoms with Crippen LogP contribution in [0, 0.1) is 5.92 Å². The minimum atomic E-state index is -0.398. The fourth-order valence-electron chi connectivity index (χ4n) is 2.49. The van der Waals surface area contributed by atoms with Gasteiger partial charge in [-0.05, 0) is 48.9 Å². The molecule has 1 atom stereocenters. The average molecular weight is 339 g/mol. The van der Waals surface area contributed by atoms with E-state index in [0.717, 1.165) is 16.9 Å². The summed E-state index contributed by atoms with van der Waals surface area (Å²) in [5.41, 5.74) is 2.13. The molecule has 1 aliphatic rings. The Hall–Kier alpha value is -2.33. The van der Waals surface area contributed by atoms with Gasteiger partial charge in [0.2, 0.25) is 5.91 Å². The lowest BCUT2D eigenvalue weighted by Gasteiger charge is -2.13. The zero-order chi connectivity index (χ0) is 17.5. The maximum atomic E-state index is 12.1. The molecule has 1 N–H and O–H groups in total. The smallest absolute Gasteiger partial charge is 0.249 e. The summed E-state index contributed by atoms with van der Waals surface area (Å²) in [4.78, 5) is 12.1. The van der Waals surface area contributed by atoms with Crippen LogP contribution in [-0.2, 0) is 22.7 Å². The van der Waals surface area contributed by atoms with Crippen molar-refractivity contribution in [1.82, 2.24) is 5.32 Å². The molecule has 2 aromatic carbocycles. The largest absolute Gasteiger partial charge is 0.489 e. The molecule has 1 aliphatic carbocycles. The number of hydrogen-bond acceptors (Lipinski definition) is 3. The molecule has 1 fully saturated rings. The topological polar surface area (TPSA) is 47.6 Å². The van der Waals surface area contributed by atoms with Crippen LogP contribution in [0.5, 0.6) is 5.75 Å². The van der Waals surface area contributed by atoms with Gasteiger partial charge in [-0.25, -0.2) is 0 Å². The number of amides is 1. The van der Waals surface area contributed by atoms with Gasteiger partial charge < -0.3 is 14.8 Å². The van der Waals surface area contributed by atoms with Crippen LogP contribution in [0.4, 0.5) is 0 Å². The molecule has 0 radical (unpaired) electrons. The molecule has 4 nitrogen and oxygen atoms in total. The Balaban J connectivity index is 1.45. The Morgan fingerprint density at radius 3 is 2.64 bits per heavy atom. The predicted molar refractivity (Wildman–Crippen MR) is 97.2 cm³/mol. The number of rotatable bonds is 9. The van der Waals surface area contributed by atoms with Crippen molar-refractivity contribution in [1.29, 1.82) is 0 Å². The van der Waals surface area contributed by atoms with E-state index in [-0.39, 0.29) is 5.91 Å². The van der Waals surface area contributed by atoms with Gasteiger partial charge in [0.15, 0.2) is 0 Å². The van der Waals surface area contributed by atoms with Crippen molar-refractivity contribution in [2.75, 3.05) is 6.61 Å². The highest BCUT2D eigenvalue weighted by Gasteiger charge is 2.23. The molecule has 3 rings (SSSR count). The van der Waals surface area contributed by atoms with E-state index in [1.807, 2.05) is 55.5 Å². The Morgan fingerprint density at radius 1 is 1.12 bits per heavy atom. The van der Waals surface area contributed by atoms with Gasteiger partial charge in [0, 0.05) is 6.54 Å². The number of ether oxygens (including phenoxy) is 2. The standard InChI is InChI=1S/C21H25NO3/c1-16(24-14-17-10-11-17)21(23)22-13-18-6-5-7-19(12-18)15-25-20-8-3-2-4-9-20/h2-9,12,16-17H,10-11,13-15H2,1H3,(H,22,23). The number of carbonyl (C=O) groups is 1. The summed E-state index contributed by atoms with van der Waals surface area (Å²) in [5, 5.41) is 2.94. The summed E-state index contributed by atoms with van der Waals surface area (Å²) < 4.78 is 11.4. The van der Waals surface area contributed by atoms with Gasteiger partial charge in [-0.15, -0.1) is 0 Å².